The molecular formula is C15H24N2O. The Balaban J connectivity index is 2.14. The van der Waals surface area contributed by atoms with Gasteiger partial charge >= 0.3 is 0 Å². The summed E-state index contributed by atoms with van der Waals surface area (Å²) in [6.07, 6.45) is 4.93. The van der Waals surface area contributed by atoms with Crippen molar-refractivity contribution in [3.63, 3.8) is 0 Å². The fourth-order valence-corrected chi connectivity index (χ4v) is 3.19. The maximum absolute atomic E-state index is 6.05. The second-order valence-corrected chi connectivity index (χ2v) is 5.21. The number of nitrogens with two attached hydrogens (primary N) is 1. The van der Waals surface area contributed by atoms with Crippen molar-refractivity contribution in [3.05, 3.63) is 24.3 Å². The van der Waals surface area contributed by atoms with Crippen LogP contribution in [0.25, 0.3) is 0 Å². The zero-order valence-electron chi connectivity index (χ0n) is 11.4. The Morgan fingerprint density at radius 1 is 1.39 bits per heavy atom. The SMILES string of the molecule is CCC1CCCC1(CN)Nc1ccc(OC)cc1. The molecule has 18 heavy (non-hydrogen) atoms. The third kappa shape index (κ3) is 2.46. The number of anilines is 1. The van der Waals surface area contributed by atoms with Crippen molar-refractivity contribution in [2.45, 2.75) is 38.1 Å². The van der Waals surface area contributed by atoms with Gasteiger partial charge in [-0.05, 0) is 43.0 Å². The van der Waals surface area contributed by atoms with Gasteiger partial charge in [-0.3, -0.25) is 0 Å². The molecular weight excluding hydrogens is 224 g/mol. The molecule has 0 amide bonds. The molecule has 100 valence electrons. The normalized spacial score (nSPS) is 27.2. The standard InChI is InChI=1S/C15H24N2O/c1-3-12-5-4-10-15(12,11-16)17-13-6-8-14(18-2)9-7-13/h6-9,12,17H,3-5,10-11,16H2,1-2H3. The van der Waals surface area contributed by atoms with Gasteiger partial charge in [-0.2, -0.15) is 0 Å². The molecule has 0 saturated heterocycles. The van der Waals surface area contributed by atoms with Crippen LogP contribution in [0.4, 0.5) is 5.69 Å². The molecule has 1 fully saturated rings. The zero-order valence-corrected chi connectivity index (χ0v) is 11.4. The highest BCUT2D eigenvalue weighted by atomic mass is 16.5. The van der Waals surface area contributed by atoms with Crippen molar-refractivity contribution >= 4 is 5.69 Å². The third-order valence-electron chi connectivity index (χ3n) is 4.30. The van der Waals surface area contributed by atoms with Crippen molar-refractivity contribution in [1.82, 2.24) is 0 Å². The first-order valence-corrected chi connectivity index (χ1v) is 6.86. The van der Waals surface area contributed by atoms with Gasteiger partial charge in [-0.1, -0.05) is 19.8 Å². The van der Waals surface area contributed by atoms with E-state index in [0.29, 0.717) is 12.5 Å². The highest BCUT2D eigenvalue weighted by Gasteiger charge is 2.40. The summed E-state index contributed by atoms with van der Waals surface area (Å²) in [5, 5.41) is 3.68. The van der Waals surface area contributed by atoms with Crippen LogP contribution >= 0.6 is 0 Å². The summed E-state index contributed by atoms with van der Waals surface area (Å²) >= 11 is 0. The van der Waals surface area contributed by atoms with E-state index in [0.717, 1.165) is 11.4 Å². The molecule has 2 unspecified atom stereocenters. The number of nitrogens with one attached hydrogen (secondary N) is 1. The van der Waals surface area contributed by atoms with E-state index in [1.54, 1.807) is 7.11 Å². The minimum Gasteiger partial charge on any atom is -0.497 e. The summed E-state index contributed by atoms with van der Waals surface area (Å²) in [7, 11) is 1.69. The number of benzene rings is 1. The summed E-state index contributed by atoms with van der Waals surface area (Å²) in [6.45, 7) is 2.97. The molecule has 1 aromatic carbocycles. The Morgan fingerprint density at radius 3 is 2.67 bits per heavy atom. The first kappa shape index (κ1) is 13.2. The van der Waals surface area contributed by atoms with E-state index < -0.39 is 0 Å². The molecule has 0 aliphatic heterocycles. The highest BCUT2D eigenvalue weighted by Crippen LogP contribution is 2.39. The van der Waals surface area contributed by atoms with Crippen molar-refractivity contribution in [3.8, 4) is 5.75 Å². The van der Waals surface area contributed by atoms with Crippen LogP contribution in [0, 0.1) is 5.92 Å². The van der Waals surface area contributed by atoms with Crippen molar-refractivity contribution in [2.24, 2.45) is 11.7 Å². The van der Waals surface area contributed by atoms with Crippen LogP contribution < -0.4 is 15.8 Å². The van der Waals surface area contributed by atoms with Gasteiger partial charge in [0.1, 0.15) is 5.75 Å². The predicted molar refractivity (Wildman–Crippen MR) is 76.0 cm³/mol. The maximum atomic E-state index is 6.05. The summed E-state index contributed by atoms with van der Waals surface area (Å²) in [5.41, 5.74) is 7.28. The quantitative estimate of drug-likeness (QED) is 0.842. The third-order valence-corrected chi connectivity index (χ3v) is 4.30. The van der Waals surface area contributed by atoms with E-state index in [4.69, 9.17) is 10.5 Å². The Bertz CT molecular complexity index is 377. The molecule has 0 radical (unpaired) electrons. The number of rotatable bonds is 5. The molecule has 3 nitrogen and oxygen atoms in total. The number of methoxy groups -OCH3 is 1. The Hall–Kier alpha value is -1.22. The second kappa shape index (κ2) is 5.61. The average molecular weight is 248 g/mol. The summed E-state index contributed by atoms with van der Waals surface area (Å²) < 4.78 is 5.18. The van der Waals surface area contributed by atoms with Crippen molar-refractivity contribution in [1.29, 1.82) is 0 Å². The molecule has 0 heterocycles. The predicted octanol–water partition coefficient (Wildman–Crippen LogP) is 3.01. The van der Waals surface area contributed by atoms with E-state index in [1.165, 1.54) is 25.7 Å². The average Bonchev–Trinajstić information content (AvgIpc) is 2.83. The van der Waals surface area contributed by atoms with Gasteiger partial charge in [0, 0.05) is 12.2 Å². The molecule has 1 aliphatic carbocycles. The van der Waals surface area contributed by atoms with Crippen LogP contribution in [0.3, 0.4) is 0 Å². The monoisotopic (exact) mass is 248 g/mol. The lowest BCUT2D eigenvalue weighted by molar-refractivity contribution is 0.346. The largest absolute Gasteiger partial charge is 0.497 e. The topological polar surface area (TPSA) is 47.3 Å². The molecule has 1 aromatic rings. The Labute approximate surface area is 110 Å². The summed E-state index contributed by atoms with van der Waals surface area (Å²) in [6, 6.07) is 8.12. The Kier molecular flexibility index (Phi) is 4.12. The first-order chi connectivity index (χ1) is 8.74. The Morgan fingerprint density at radius 2 is 2.11 bits per heavy atom. The summed E-state index contributed by atoms with van der Waals surface area (Å²) in [5.74, 6) is 1.57. The van der Waals surface area contributed by atoms with Gasteiger partial charge in [-0.15, -0.1) is 0 Å². The minimum atomic E-state index is 0.0866. The highest BCUT2D eigenvalue weighted by molar-refractivity contribution is 5.49. The van der Waals surface area contributed by atoms with Gasteiger partial charge < -0.3 is 15.8 Å². The smallest absolute Gasteiger partial charge is 0.119 e. The first-order valence-electron chi connectivity index (χ1n) is 6.86. The molecule has 1 saturated carbocycles. The lowest BCUT2D eigenvalue weighted by Gasteiger charge is -2.36. The van der Waals surface area contributed by atoms with Crippen LogP contribution in [0.2, 0.25) is 0 Å². The zero-order chi connectivity index (χ0) is 13.0. The minimum absolute atomic E-state index is 0.0866. The summed E-state index contributed by atoms with van der Waals surface area (Å²) in [4.78, 5) is 0. The second-order valence-electron chi connectivity index (χ2n) is 5.21. The van der Waals surface area contributed by atoms with Crippen LogP contribution in [0.5, 0.6) is 5.75 Å². The number of hydrogen-bond acceptors (Lipinski definition) is 3. The fraction of sp³-hybridized carbons (Fsp3) is 0.600. The molecule has 2 atom stereocenters. The van der Waals surface area contributed by atoms with Crippen LogP contribution in [0.15, 0.2) is 24.3 Å². The van der Waals surface area contributed by atoms with E-state index in [1.807, 2.05) is 12.1 Å². The van der Waals surface area contributed by atoms with E-state index in [2.05, 4.69) is 24.4 Å². The van der Waals surface area contributed by atoms with Crippen LogP contribution in [0.1, 0.15) is 32.6 Å². The van der Waals surface area contributed by atoms with Gasteiger partial charge in [0.25, 0.3) is 0 Å². The molecule has 1 aliphatic rings. The van der Waals surface area contributed by atoms with Gasteiger partial charge in [0.2, 0.25) is 0 Å². The number of hydrogen-bond donors (Lipinski definition) is 2. The van der Waals surface area contributed by atoms with Crippen LogP contribution in [-0.4, -0.2) is 19.2 Å². The van der Waals surface area contributed by atoms with Crippen molar-refractivity contribution in [2.75, 3.05) is 19.0 Å². The lowest BCUT2D eigenvalue weighted by atomic mass is 9.85. The molecule has 0 spiro atoms. The van der Waals surface area contributed by atoms with Crippen molar-refractivity contribution < 1.29 is 4.74 Å². The van der Waals surface area contributed by atoms with Gasteiger partial charge in [-0.25, -0.2) is 0 Å². The maximum Gasteiger partial charge on any atom is 0.119 e. The van der Waals surface area contributed by atoms with Gasteiger partial charge in [0.05, 0.1) is 12.6 Å². The van der Waals surface area contributed by atoms with E-state index in [-0.39, 0.29) is 5.54 Å². The lowest BCUT2D eigenvalue weighted by Crippen LogP contribution is -2.48. The molecule has 2 rings (SSSR count). The van der Waals surface area contributed by atoms with E-state index >= 15 is 0 Å². The fourth-order valence-electron chi connectivity index (χ4n) is 3.19. The molecule has 3 heteroatoms. The molecule has 3 N–H and O–H groups in total. The molecule has 0 aromatic heterocycles. The van der Waals surface area contributed by atoms with Crippen LogP contribution in [-0.2, 0) is 0 Å². The van der Waals surface area contributed by atoms with E-state index in [9.17, 15) is 0 Å². The van der Waals surface area contributed by atoms with Gasteiger partial charge in [0.15, 0.2) is 0 Å². The number of ether oxygens (including phenoxy) is 1. The molecule has 0 bridgehead atoms.